The van der Waals surface area contributed by atoms with Crippen LogP contribution < -0.4 is 4.74 Å². The third-order valence-electron chi connectivity index (χ3n) is 6.59. The zero-order chi connectivity index (χ0) is 22.9. The van der Waals surface area contributed by atoms with E-state index in [4.69, 9.17) is 4.74 Å². The number of likely N-dealkylation sites (tertiary alicyclic amines) is 1. The van der Waals surface area contributed by atoms with Gasteiger partial charge in [0.15, 0.2) is 0 Å². The average Bonchev–Trinajstić information content (AvgIpc) is 3.05. The fourth-order valence-corrected chi connectivity index (χ4v) is 4.54. The maximum Gasteiger partial charge on any atom is 0.277 e. The second-order valence-electron chi connectivity index (χ2n) is 9.30. The van der Waals surface area contributed by atoms with Gasteiger partial charge >= 0.3 is 0 Å². The van der Waals surface area contributed by atoms with Crippen molar-refractivity contribution in [1.29, 1.82) is 0 Å². The lowest BCUT2D eigenvalue weighted by Gasteiger charge is -2.32. The Balaban J connectivity index is 1.78. The fourth-order valence-electron chi connectivity index (χ4n) is 4.54. The zero-order valence-corrected chi connectivity index (χ0v) is 20.2. The minimum absolute atomic E-state index is 0.112. The van der Waals surface area contributed by atoms with Crippen molar-refractivity contribution in [3.63, 3.8) is 0 Å². The molecule has 2 amide bonds. The Morgan fingerprint density at radius 1 is 0.875 bits per heavy atom. The number of carbonyl (C=O) groups is 2. The largest absolute Gasteiger partial charge is 0.494 e. The number of hydrogen-bond acceptors (Lipinski definition) is 4. The predicted octanol–water partition coefficient (Wildman–Crippen LogP) is 5.65. The molecule has 0 aromatic heterocycles. The van der Waals surface area contributed by atoms with Crippen LogP contribution in [-0.2, 0) is 9.59 Å². The van der Waals surface area contributed by atoms with Crippen LogP contribution in [0, 0.1) is 5.92 Å². The summed E-state index contributed by atoms with van der Waals surface area (Å²) < 4.78 is 5.70. The quantitative estimate of drug-likeness (QED) is 0.311. The first-order chi connectivity index (χ1) is 15.6. The van der Waals surface area contributed by atoms with Crippen LogP contribution in [0.2, 0.25) is 0 Å². The summed E-state index contributed by atoms with van der Waals surface area (Å²) in [6.07, 6.45) is 9.87. The summed E-state index contributed by atoms with van der Waals surface area (Å²) in [5.74, 6) is 1.21. The van der Waals surface area contributed by atoms with E-state index in [1.165, 1.54) is 30.6 Å². The molecule has 1 fully saturated rings. The Bertz CT molecular complexity index is 792. The highest BCUT2D eigenvalue weighted by atomic mass is 16.5. The van der Waals surface area contributed by atoms with E-state index in [0.717, 1.165) is 56.5 Å². The minimum Gasteiger partial charge on any atom is -0.494 e. The molecule has 32 heavy (non-hydrogen) atoms. The minimum atomic E-state index is -0.139. The molecular weight excluding hydrogens is 400 g/mol. The summed E-state index contributed by atoms with van der Waals surface area (Å²) in [4.78, 5) is 30.5. The number of unbranched alkanes of at least 4 members (excludes halogenated alkanes) is 5. The van der Waals surface area contributed by atoms with Crippen molar-refractivity contribution in [2.75, 3.05) is 26.2 Å². The van der Waals surface area contributed by atoms with Crippen LogP contribution in [0.3, 0.4) is 0 Å². The van der Waals surface area contributed by atoms with E-state index in [-0.39, 0.29) is 11.8 Å². The van der Waals surface area contributed by atoms with Gasteiger partial charge in [-0.15, -0.1) is 0 Å². The number of imide groups is 1. The molecule has 1 aromatic rings. The number of carbonyl (C=O) groups excluding carboxylic acids is 2. The van der Waals surface area contributed by atoms with Crippen LogP contribution in [0.15, 0.2) is 30.0 Å². The van der Waals surface area contributed by atoms with Gasteiger partial charge in [0.2, 0.25) is 0 Å². The first-order valence-electron chi connectivity index (χ1n) is 12.6. The second kappa shape index (κ2) is 12.1. The lowest BCUT2D eigenvalue weighted by molar-refractivity contribution is -0.137. The Morgan fingerprint density at radius 3 is 2.19 bits per heavy atom. The molecule has 0 spiro atoms. The van der Waals surface area contributed by atoms with E-state index in [0.29, 0.717) is 30.3 Å². The van der Waals surface area contributed by atoms with Gasteiger partial charge in [-0.1, -0.05) is 65.0 Å². The lowest BCUT2D eigenvalue weighted by Crippen LogP contribution is -2.38. The summed E-state index contributed by atoms with van der Waals surface area (Å²) in [6.45, 7) is 9.39. The van der Waals surface area contributed by atoms with E-state index in [1.807, 2.05) is 24.3 Å². The highest BCUT2D eigenvalue weighted by Crippen LogP contribution is 2.34. The molecule has 0 aliphatic carbocycles. The molecule has 0 saturated carbocycles. The summed E-state index contributed by atoms with van der Waals surface area (Å²) in [5, 5.41) is 0. The predicted molar refractivity (Wildman–Crippen MR) is 129 cm³/mol. The van der Waals surface area contributed by atoms with Crippen molar-refractivity contribution in [3.05, 3.63) is 35.5 Å². The molecule has 0 N–H and O–H groups in total. The molecule has 1 aromatic carbocycles. The van der Waals surface area contributed by atoms with E-state index in [2.05, 4.69) is 25.7 Å². The molecule has 0 unspecified atom stereocenters. The average molecular weight is 441 g/mol. The Hall–Kier alpha value is -2.30. The SMILES string of the molecule is CCCCCCCCN1C(=O)C(c2ccc(OCCC)cc2)=C(N2CCC(C)CC2)C1=O. The molecule has 2 aliphatic heterocycles. The van der Waals surface area contributed by atoms with Crippen LogP contribution in [0.4, 0.5) is 0 Å². The number of ether oxygens (including phenoxy) is 1. The number of rotatable bonds is 12. The van der Waals surface area contributed by atoms with Crippen molar-refractivity contribution in [2.24, 2.45) is 5.92 Å². The van der Waals surface area contributed by atoms with Crippen LogP contribution >= 0.6 is 0 Å². The van der Waals surface area contributed by atoms with Crippen LogP contribution in [0.25, 0.3) is 5.57 Å². The van der Waals surface area contributed by atoms with E-state index >= 15 is 0 Å². The van der Waals surface area contributed by atoms with Gasteiger partial charge in [-0.05, 0) is 49.3 Å². The van der Waals surface area contributed by atoms with Gasteiger partial charge in [0.05, 0.1) is 12.2 Å². The van der Waals surface area contributed by atoms with Gasteiger partial charge in [0, 0.05) is 19.6 Å². The topological polar surface area (TPSA) is 49.9 Å². The fraction of sp³-hybridized carbons (Fsp3) is 0.630. The molecule has 5 heteroatoms. The monoisotopic (exact) mass is 440 g/mol. The van der Waals surface area contributed by atoms with Crippen LogP contribution in [-0.4, -0.2) is 47.9 Å². The molecular formula is C27H40N2O3. The molecule has 1 saturated heterocycles. The highest BCUT2D eigenvalue weighted by Gasteiger charge is 2.41. The Kier molecular flexibility index (Phi) is 9.19. The third-order valence-corrected chi connectivity index (χ3v) is 6.59. The van der Waals surface area contributed by atoms with Gasteiger partial charge < -0.3 is 9.64 Å². The second-order valence-corrected chi connectivity index (χ2v) is 9.30. The first-order valence-corrected chi connectivity index (χ1v) is 12.6. The van der Waals surface area contributed by atoms with Crippen molar-refractivity contribution in [2.45, 2.75) is 78.6 Å². The van der Waals surface area contributed by atoms with Gasteiger partial charge in [-0.25, -0.2) is 0 Å². The first kappa shape index (κ1) is 24.3. The number of amides is 2. The number of piperidine rings is 1. The van der Waals surface area contributed by atoms with Gasteiger partial charge in [-0.2, -0.15) is 0 Å². The number of benzene rings is 1. The molecule has 0 bridgehead atoms. The molecule has 3 rings (SSSR count). The third kappa shape index (κ3) is 5.93. The van der Waals surface area contributed by atoms with Gasteiger partial charge in [0.1, 0.15) is 11.4 Å². The Labute approximate surface area is 193 Å². The smallest absolute Gasteiger partial charge is 0.277 e. The van der Waals surface area contributed by atoms with Gasteiger partial charge in [0.25, 0.3) is 11.8 Å². The normalized spacial score (nSPS) is 17.6. The van der Waals surface area contributed by atoms with Crippen molar-refractivity contribution in [1.82, 2.24) is 9.80 Å². The summed E-state index contributed by atoms with van der Waals surface area (Å²) >= 11 is 0. The lowest BCUT2D eigenvalue weighted by atomic mass is 9.97. The summed E-state index contributed by atoms with van der Waals surface area (Å²) in [7, 11) is 0. The molecule has 0 atom stereocenters. The molecule has 0 radical (unpaired) electrons. The van der Waals surface area contributed by atoms with Crippen molar-refractivity contribution < 1.29 is 14.3 Å². The molecule has 5 nitrogen and oxygen atoms in total. The van der Waals surface area contributed by atoms with Gasteiger partial charge in [-0.3, -0.25) is 14.5 Å². The van der Waals surface area contributed by atoms with Crippen LogP contribution in [0.5, 0.6) is 5.75 Å². The maximum atomic E-state index is 13.4. The number of nitrogens with zero attached hydrogens (tertiary/aromatic N) is 2. The zero-order valence-electron chi connectivity index (χ0n) is 20.2. The summed E-state index contributed by atoms with van der Waals surface area (Å²) in [5.41, 5.74) is 1.99. The standard InChI is InChI=1S/C27H40N2O3/c1-4-6-7-8-9-10-17-29-26(30)24(22-11-13-23(14-12-22)32-20-5-2)25(27(29)31)28-18-15-21(3)16-19-28/h11-14,21H,4-10,15-20H2,1-3H3. The highest BCUT2D eigenvalue weighted by molar-refractivity contribution is 6.35. The molecule has 2 heterocycles. The van der Waals surface area contributed by atoms with Crippen molar-refractivity contribution in [3.8, 4) is 5.75 Å². The number of hydrogen-bond donors (Lipinski definition) is 0. The molecule has 2 aliphatic rings. The van der Waals surface area contributed by atoms with Crippen molar-refractivity contribution >= 4 is 17.4 Å². The van der Waals surface area contributed by atoms with Crippen LogP contribution in [0.1, 0.15) is 84.1 Å². The van der Waals surface area contributed by atoms with E-state index in [1.54, 1.807) is 0 Å². The molecule has 176 valence electrons. The van der Waals surface area contributed by atoms with E-state index in [9.17, 15) is 9.59 Å². The Morgan fingerprint density at radius 2 is 1.53 bits per heavy atom. The van der Waals surface area contributed by atoms with E-state index < -0.39 is 0 Å². The maximum absolute atomic E-state index is 13.4. The summed E-state index contributed by atoms with van der Waals surface area (Å²) in [6, 6.07) is 7.66.